The quantitative estimate of drug-likeness (QED) is 0.559. The summed E-state index contributed by atoms with van der Waals surface area (Å²) in [7, 11) is 0. The van der Waals surface area contributed by atoms with Gasteiger partial charge in [0.05, 0.1) is 5.56 Å². The zero-order valence-corrected chi connectivity index (χ0v) is 13.3. The van der Waals surface area contributed by atoms with Crippen LogP contribution in [0.5, 0.6) is 5.75 Å². The number of unbranched alkanes of at least 4 members (excludes halogenated alkanes) is 3. The number of phenols is 1. The highest BCUT2D eigenvalue weighted by Crippen LogP contribution is 2.21. The number of aromatic hydroxyl groups is 1. The third-order valence-corrected chi connectivity index (χ3v) is 3.60. The first-order valence-corrected chi connectivity index (χ1v) is 7.89. The Morgan fingerprint density at radius 1 is 1.22 bits per heavy atom. The van der Waals surface area contributed by atoms with E-state index in [1.807, 2.05) is 0 Å². The number of hydrogen-bond acceptors (Lipinski definition) is 2. The summed E-state index contributed by atoms with van der Waals surface area (Å²) in [6.45, 7) is 0.646. The lowest BCUT2D eigenvalue weighted by molar-refractivity contribution is 0.0950. The number of carbonyl (C=O) groups is 1. The smallest absolute Gasteiger partial charge is 0.255 e. The fourth-order valence-corrected chi connectivity index (χ4v) is 2.32. The zero-order chi connectivity index (χ0) is 13.4. The molecule has 1 rings (SSSR count). The number of phenolic OH excluding ortho intramolecular Hbond substituents is 1. The molecule has 3 nitrogen and oxygen atoms in total. The highest BCUT2D eigenvalue weighted by atomic mass is 79.9. The van der Waals surface area contributed by atoms with Crippen LogP contribution < -0.4 is 5.32 Å². The van der Waals surface area contributed by atoms with Crippen LogP contribution in [0.1, 0.15) is 36.0 Å². The monoisotopic (exact) mass is 377 g/mol. The van der Waals surface area contributed by atoms with Gasteiger partial charge >= 0.3 is 0 Å². The molecular formula is C13H17Br2NO2. The molecule has 0 unspecified atom stereocenters. The molecule has 0 saturated carbocycles. The largest absolute Gasteiger partial charge is 0.507 e. The minimum absolute atomic E-state index is 0.00925. The van der Waals surface area contributed by atoms with Crippen LogP contribution in [0.2, 0.25) is 0 Å². The Balaban J connectivity index is 2.34. The van der Waals surface area contributed by atoms with Gasteiger partial charge in [-0.15, -0.1) is 0 Å². The number of amides is 1. The van der Waals surface area contributed by atoms with E-state index in [1.54, 1.807) is 12.1 Å². The van der Waals surface area contributed by atoms with Gasteiger partial charge in [-0.1, -0.05) is 44.7 Å². The van der Waals surface area contributed by atoms with E-state index in [0.29, 0.717) is 12.1 Å². The topological polar surface area (TPSA) is 49.3 Å². The number of carbonyl (C=O) groups excluding carboxylic acids is 1. The van der Waals surface area contributed by atoms with E-state index in [0.717, 1.165) is 22.6 Å². The Morgan fingerprint density at radius 3 is 2.67 bits per heavy atom. The van der Waals surface area contributed by atoms with Crippen molar-refractivity contribution < 1.29 is 9.90 Å². The third kappa shape index (κ3) is 5.40. The Kier molecular flexibility index (Phi) is 7.35. The number of benzene rings is 1. The first kappa shape index (κ1) is 15.5. The zero-order valence-electron chi connectivity index (χ0n) is 10.1. The van der Waals surface area contributed by atoms with Gasteiger partial charge < -0.3 is 10.4 Å². The first-order chi connectivity index (χ1) is 8.65. The highest BCUT2D eigenvalue weighted by Gasteiger charge is 2.10. The standard InChI is InChI=1S/C13H17Br2NO2/c14-7-3-1-2-4-8-16-13(18)11-9-10(15)5-6-12(11)17/h5-6,9,17H,1-4,7-8H2,(H,16,18). The van der Waals surface area contributed by atoms with E-state index in [-0.39, 0.29) is 11.7 Å². The number of nitrogens with one attached hydrogen (secondary N) is 1. The summed E-state index contributed by atoms with van der Waals surface area (Å²) in [6, 6.07) is 4.83. The van der Waals surface area contributed by atoms with Crippen LogP contribution >= 0.6 is 31.9 Å². The molecule has 0 aliphatic heterocycles. The molecule has 0 aliphatic carbocycles. The molecule has 1 aromatic rings. The Labute approximate surface area is 124 Å². The van der Waals surface area contributed by atoms with Gasteiger partial charge in [0.1, 0.15) is 5.75 Å². The van der Waals surface area contributed by atoms with Crippen LogP contribution in [0.15, 0.2) is 22.7 Å². The highest BCUT2D eigenvalue weighted by molar-refractivity contribution is 9.10. The van der Waals surface area contributed by atoms with E-state index in [9.17, 15) is 9.90 Å². The Bertz CT molecular complexity index is 397. The van der Waals surface area contributed by atoms with Gasteiger partial charge in [0.15, 0.2) is 0 Å². The molecule has 1 amide bonds. The van der Waals surface area contributed by atoms with Crippen molar-refractivity contribution in [1.82, 2.24) is 5.32 Å². The fraction of sp³-hybridized carbons (Fsp3) is 0.462. The summed E-state index contributed by atoms with van der Waals surface area (Å²) in [5.41, 5.74) is 0.310. The average molecular weight is 379 g/mol. The van der Waals surface area contributed by atoms with Crippen molar-refractivity contribution >= 4 is 37.8 Å². The fourth-order valence-electron chi connectivity index (χ4n) is 1.56. The summed E-state index contributed by atoms with van der Waals surface area (Å²) in [5, 5.41) is 13.4. The van der Waals surface area contributed by atoms with E-state index in [4.69, 9.17) is 0 Å². The number of halogens is 2. The van der Waals surface area contributed by atoms with Gasteiger partial charge in [0.2, 0.25) is 0 Å². The lowest BCUT2D eigenvalue weighted by atomic mass is 10.1. The maximum Gasteiger partial charge on any atom is 0.255 e. The first-order valence-electron chi connectivity index (χ1n) is 5.98. The number of rotatable bonds is 7. The molecule has 0 radical (unpaired) electrons. The lowest BCUT2D eigenvalue weighted by Gasteiger charge is -2.07. The minimum Gasteiger partial charge on any atom is -0.507 e. The van der Waals surface area contributed by atoms with Crippen molar-refractivity contribution in [2.75, 3.05) is 11.9 Å². The molecule has 100 valence electrons. The van der Waals surface area contributed by atoms with Crippen LogP contribution in [0.3, 0.4) is 0 Å². The van der Waals surface area contributed by atoms with E-state index in [2.05, 4.69) is 37.2 Å². The summed E-state index contributed by atoms with van der Waals surface area (Å²) in [5.74, 6) is -0.218. The molecule has 0 fully saturated rings. The van der Waals surface area contributed by atoms with Gasteiger partial charge in [0, 0.05) is 16.3 Å². The van der Waals surface area contributed by atoms with Crippen molar-refractivity contribution in [3.05, 3.63) is 28.2 Å². The Morgan fingerprint density at radius 2 is 1.94 bits per heavy atom. The van der Waals surface area contributed by atoms with Crippen LogP contribution in [0, 0.1) is 0 Å². The van der Waals surface area contributed by atoms with Gasteiger partial charge in [-0.2, -0.15) is 0 Å². The predicted molar refractivity (Wildman–Crippen MR) is 80.4 cm³/mol. The SMILES string of the molecule is O=C(NCCCCCCBr)c1cc(Br)ccc1O. The maximum absolute atomic E-state index is 11.8. The van der Waals surface area contributed by atoms with Crippen molar-refractivity contribution in [3.63, 3.8) is 0 Å². The number of hydrogen-bond donors (Lipinski definition) is 2. The van der Waals surface area contributed by atoms with Gasteiger partial charge in [-0.25, -0.2) is 0 Å². The minimum atomic E-state index is -0.228. The summed E-state index contributed by atoms with van der Waals surface area (Å²) < 4.78 is 0.780. The van der Waals surface area contributed by atoms with E-state index in [1.165, 1.54) is 18.9 Å². The molecule has 5 heteroatoms. The summed E-state index contributed by atoms with van der Waals surface area (Å²) in [6.07, 6.45) is 4.41. The molecule has 18 heavy (non-hydrogen) atoms. The van der Waals surface area contributed by atoms with Crippen molar-refractivity contribution in [2.24, 2.45) is 0 Å². The third-order valence-electron chi connectivity index (χ3n) is 2.55. The van der Waals surface area contributed by atoms with Gasteiger partial charge in [-0.3, -0.25) is 4.79 Å². The second-order valence-electron chi connectivity index (χ2n) is 4.02. The van der Waals surface area contributed by atoms with E-state index < -0.39 is 0 Å². The normalized spacial score (nSPS) is 10.3. The summed E-state index contributed by atoms with van der Waals surface area (Å²) in [4.78, 5) is 11.8. The van der Waals surface area contributed by atoms with Crippen molar-refractivity contribution in [1.29, 1.82) is 0 Å². The Hall–Kier alpha value is -0.550. The molecular weight excluding hydrogens is 362 g/mol. The molecule has 0 aromatic heterocycles. The average Bonchev–Trinajstić information content (AvgIpc) is 2.36. The predicted octanol–water partition coefficient (Wildman–Crippen LogP) is 3.84. The van der Waals surface area contributed by atoms with Crippen LogP contribution in [0.4, 0.5) is 0 Å². The molecule has 0 spiro atoms. The van der Waals surface area contributed by atoms with Gasteiger partial charge in [0.25, 0.3) is 5.91 Å². The molecule has 0 bridgehead atoms. The van der Waals surface area contributed by atoms with Crippen molar-refractivity contribution in [3.8, 4) is 5.75 Å². The molecule has 1 aromatic carbocycles. The molecule has 0 aliphatic rings. The maximum atomic E-state index is 11.8. The van der Waals surface area contributed by atoms with E-state index >= 15 is 0 Å². The van der Waals surface area contributed by atoms with Crippen LogP contribution in [0.25, 0.3) is 0 Å². The second kappa shape index (κ2) is 8.53. The molecule has 0 saturated heterocycles. The molecule has 2 N–H and O–H groups in total. The van der Waals surface area contributed by atoms with Crippen molar-refractivity contribution in [2.45, 2.75) is 25.7 Å². The lowest BCUT2D eigenvalue weighted by Crippen LogP contribution is -2.24. The molecule has 0 atom stereocenters. The molecule has 0 heterocycles. The second-order valence-corrected chi connectivity index (χ2v) is 5.73. The van der Waals surface area contributed by atoms with Crippen LogP contribution in [-0.2, 0) is 0 Å². The number of alkyl halides is 1. The van der Waals surface area contributed by atoms with Gasteiger partial charge in [-0.05, 0) is 31.0 Å². The van der Waals surface area contributed by atoms with Crippen LogP contribution in [-0.4, -0.2) is 22.9 Å². The summed E-state index contributed by atoms with van der Waals surface area (Å²) >= 11 is 6.66.